The molecule has 0 aliphatic heterocycles. The lowest BCUT2D eigenvalue weighted by atomic mass is 10.0. The van der Waals surface area contributed by atoms with E-state index in [2.05, 4.69) is 60.3 Å². The summed E-state index contributed by atoms with van der Waals surface area (Å²) in [6.07, 6.45) is 0. The summed E-state index contributed by atoms with van der Waals surface area (Å²) < 4.78 is 1.40. The van der Waals surface area contributed by atoms with Crippen molar-refractivity contribution in [2.24, 2.45) is 0 Å². The van der Waals surface area contributed by atoms with Gasteiger partial charge in [-0.05, 0) is 52.9 Å². The maximum Gasteiger partial charge on any atom is 0.0687 e. The SMILES string of the molecule is CCNC(c1sccc1C)c1cccc2ccsc12. The minimum atomic E-state index is 0.312. The fraction of sp³-hybridized carbons (Fsp3) is 0.250. The van der Waals surface area contributed by atoms with Gasteiger partial charge in [-0.1, -0.05) is 25.1 Å². The van der Waals surface area contributed by atoms with Crippen LogP contribution in [0.25, 0.3) is 10.1 Å². The Morgan fingerprint density at radius 2 is 1.95 bits per heavy atom. The highest BCUT2D eigenvalue weighted by Gasteiger charge is 2.19. The lowest BCUT2D eigenvalue weighted by Crippen LogP contribution is -2.21. The van der Waals surface area contributed by atoms with E-state index in [4.69, 9.17) is 0 Å². The van der Waals surface area contributed by atoms with Gasteiger partial charge in [0.05, 0.1) is 6.04 Å². The van der Waals surface area contributed by atoms with Crippen molar-refractivity contribution in [3.05, 3.63) is 57.1 Å². The Labute approximate surface area is 121 Å². The van der Waals surface area contributed by atoms with Crippen molar-refractivity contribution < 1.29 is 0 Å². The van der Waals surface area contributed by atoms with Crippen LogP contribution in [0.3, 0.4) is 0 Å². The van der Waals surface area contributed by atoms with Gasteiger partial charge in [0.2, 0.25) is 0 Å². The van der Waals surface area contributed by atoms with Gasteiger partial charge in [0, 0.05) is 9.58 Å². The lowest BCUT2D eigenvalue weighted by Gasteiger charge is -2.19. The van der Waals surface area contributed by atoms with Crippen molar-refractivity contribution >= 4 is 32.8 Å². The van der Waals surface area contributed by atoms with E-state index in [9.17, 15) is 0 Å². The van der Waals surface area contributed by atoms with Crippen LogP contribution in [0, 0.1) is 6.92 Å². The number of fused-ring (bicyclic) bond motifs is 1. The molecule has 0 aliphatic rings. The standard InChI is InChI=1S/C16H17NS2/c1-3-17-14(15-11(2)7-9-18-15)13-6-4-5-12-8-10-19-16(12)13/h4-10,14,17H,3H2,1-2H3. The van der Waals surface area contributed by atoms with Gasteiger partial charge in [-0.2, -0.15) is 0 Å². The smallest absolute Gasteiger partial charge is 0.0687 e. The quantitative estimate of drug-likeness (QED) is 0.714. The predicted octanol–water partition coefficient (Wildman–Crippen LogP) is 4.97. The van der Waals surface area contributed by atoms with E-state index in [-0.39, 0.29) is 0 Å². The molecule has 0 bridgehead atoms. The number of nitrogens with one attached hydrogen (secondary N) is 1. The third-order valence-electron chi connectivity index (χ3n) is 3.39. The van der Waals surface area contributed by atoms with Crippen LogP contribution >= 0.6 is 22.7 Å². The van der Waals surface area contributed by atoms with Crippen molar-refractivity contribution in [1.82, 2.24) is 5.32 Å². The molecule has 1 aromatic carbocycles. The highest BCUT2D eigenvalue weighted by molar-refractivity contribution is 7.17. The Morgan fingerprint density at radius 3 is 2.68 bits per heavy atom. The maximum atomic E-state index is 3.64. The Hall–Kier alpha value is -1.16. The molecule has 0 saturated heterocycles. The Balaban J connectivity index is 2.15. The second-order valence-electron chi connectivity index (χ2n) is 4.64. The van der Waals surface area contributed by atoms with Crippen LogP contribution in [0.1, 0.15) is 29.0 Å². The summed E-state index contributed by atoms with van der Waals surface area (Å²) in [5.74, 6) is 0. The van der Waals surface area contributed by atoms with E-state index in [1.54, 1.807) is 0 Å². The summed E-state index contributed by atoms with van der Waals surface area (Å²) in [6.45, 7) is 5.35. The average Bonchev–Trinajstić information content (AvgIpc) is 3.04. The molecule has 2 aromatic heterocycles. The van der Waals surface area contributed by atoms with Crippen molar-refractivity contribution in [2.75, 3.05) is 6.54 Å². The van der Waals surface area contributed by atoms with Gasteiger partial charge in [0.15, 0.2) is 0 Å². The fourth-order valence-electron chi connectivity index (χ4n) is 2.47. The summed E-state index contributed by atoms with van der Waals surface area (Å²) in [6, 6.07) is 11.3. The van der Waals surface area contributed by atoms with Crippen molar-refractivity contribution in [3.8, 4) is 0 Å². The van der Waals surface area contributed by atoms with E-state index >= 15 is 0 Å². The van der Waals surface area contributed by atoms with Gasteiger partial charge in [-0.3, -0.25) is 0 Å². The van der Waals surface area contributed by atoms with Crippen LogP contribution in [0.2, 0.25) is 0 Å². The molecule has 0 aliphatic carbocycles. The largest absolute Gasteiger partial charge is 0.306 e. The number of hydrogen-bond donors (Lipinski definition) is 1. The van der Waals surface area contributed by atoms with E-state index in [1.807, 2.05) is 22.7 Å². The highest BCUT2D eigenvalue weighted by Crippen LogP contribution is 2.35. The van der Waals surface area contributed by atoms with Crippen molar-refractivity contribution in [1.29, 1.82) is 0 Å². The molecular weight excluding hydrogens is 270 g/mol. The molecule has 3 rings (SSSR count). The van der Waals surface area contributed by atoms with Crippen LogP contribution in [-0.2, 0) is 0 Å². The topological polar surface area (TPSA) is 12.0 Å². The summed E-state index contributed by atoms with van der Waals surface area (Å²) in [5.41, 5.74) is 2.78. The van der Waals surface area contributed by atoms with Gasteiger partial charge in [0.25, 0.3) is 0 Å². The van der Waals surface area contributed by atoms with Crippen molar-refractivity contribution in [3.63, 3.8) is 0 Å². The summed E-state index contributed by atoms with van der Waals surface area (Å²) >= 11 is 3.68. The van der Waals surface area contributed by atoms with Crippen LogP contribution in [0.15, 0.2) is 41.1 Å². The van der Waals surface area contributed by atoms with Gasteiger partial charge in [-0.15, -0.1) is 22.7 Å². The van der Waals surface area contributed by atoms with Crippen LogP contribution in [0.4, 0.5) is 0 Å². The molecule has 1 unspecified atom stereocenters. The number of aryl methyl sites for hydroxylation is 1. The molecule has 1 atom stereocenters. The molecule has 1 nitrogen and oxygen atoms in total. The zero-order valence-corrected chi connectivity index (χ0v) is 12.8. The number of hydrogen-bond acceptors (Lipinski definition) is 3. The van der Waals surface area contributed by atoms with E-state index in [1.165, 1.54) is 26.1 Å². The third kappa shape index (κ3) is 2.34. The lowest BCUT2D eigenvalue weighted by molar-refractivity contribution is 0.641. The van der Waals surface area contributed by atoms with Crippen molar-refractivity contribution in [2.45, 2.75) is 19.9 Å². The molecule has 0 saturated carbocycles. The first-order valence-corrected chi connectivity index (χ1v) is 8.30. The second kappa shape index (κ2) is 5.45. The molecule has 1 N–H and O–H groups in total. The Morgan fingerprint density at radius 1 is 1.11 bits per heavy atom. The van der Waals surface area contributed by atoms with Gasteiger partial charge < -0.3 is 5.32 Å². The molecule has 0 radical (unpaired) electrons. The van der Waals surface area contributed by atoms with E-state index < -0.39 is 0 Å². The minimum Gasteiger partial charge on any atom is -0.306 e. The Kier molecular flexibility index (Phi) is 3.69. The molecule has 0 spiro atoms. The number of benzene rings is 1. The zero-order chi connectivity index (χ0) is 13.2. The highest BCUT2D eigenvalue weighted by atomic mass is 32.1. The third-order valence-corrected chi connectivity index (χ3v) is 5.46. The number of rotatable bonds is 4. The normalized spacial score (nSPS) is 12.9. The molecule has 98 valence electrons. The van der Waals surface area contributed by atoms with Crippen LogP contribution in [0.5, 0.6) is 0 Å². The first-order chi connectivity index (χ1) is 9.31. The number of thiophene rings is 2. The van der Waals surface area contributed by atoms with Crippen LogP contribution in [-0.4, -0.2) is 6.54 Å². The molecule has 2 heterocycles. The monoisotopic (exact) mass is 287 g/mol. The molecule has 0 amide bonds. The summed E-state index contributed by atoms with van der Waals surface area (Å²) in [4.78, 5) is 1.43. The molecule has 3 heteroatoms. The summed E-state index contributed by atoms with van der Waals surface area (Å²) in [7, 11) is 0. The molecule has 19 heavy (non-hydrogen) atoms. The first-order valence-electron chi connectivity index (χ1n) is 6.54. The molecular formula is C16H17NS2. The molecule has 3 aromatic rings. The zero-order valence-electron chi connectivity index (χ0n) is 11.1. The van der Waals surface area contributed by atoms with Gasteiger partial charge in [0.1, 0.15) is 0 Å². The minimum absolute atomic E-state index is 0.312. The van der Waals surface area contributed by atoms with Gasteiger partial charge >= 0.3 is 0 Å². The first kappa shape index (κ1) is 12.9. The maximum absolute atomic E-state index is 3.64. The average molecular weight is 287 g/mol. The Bertz CT molecular complexity index is 681. The van der Waals surface area contributed by atoms with E-state index in [0.717, 1.165) is 6.54 Å². The van der Waals surface area contributed by atoms with Gasteiger partial charge in [-0.25, -0.2) is 0 Å². The molecule has 0 fully saturated rings. The van der Waals surface area contributed by atoms with Crippen LogP contribution < -0.4 is 5.32 Å². The fourth-order valence-corrected chi connectivity index (χ4v) is 4.44. The second-order valence-corrected chi connectivity index (χ2v) is 6.51. The summed E-state index contributed by atoms with van der Waals surface area (Å²) in [5, 5.41) is 9.35. The predicted molar refractivity (Wildman–Crippen MR) is 86.4 cm³/mol. The van der Waals surface area contributed by atoms with E-state index in [0.29, 0.717) is 6.04 Å².